The summed E-state index contributed by atoms with van der Waals surface area (Å²) >= 11 is 0. The molecule has 4 saturated carbocycles. The van der Waals surface area contributed by atoms with Crippen molar-refractivity contribution >= 4 is 17.7 Å². The minimum Gasteiger partial charge on any atom is -0.428 e. The van der Waals surface area contributed by atoms with Crippen molar-refractivity contribution in [3.8, 4) is 0 Å². The summed E-state index contributed by atoms with van der Waals surface area (Å²) in [6, 6.07) is 0. The first kappa shape index (κ1) is 22.1. The lowest BCUT2D eigenvalue weighted by Crippen LogP contribution is -2.56. The lowest BCUT2D eigenvalue weighted by molar-refractivity contribution is -0.145. The van der Waals surface area contributed by atoms with Crippen LogP contribution in [0, 0.1) is 44.8 Å². The van der Waals surface area contributed by atoms with Gasteiger partial charge in [0.1, 0.15) is 0 Å². The highest BCUT2D eigenvalue weighted by Gasteiger charge is 2.81. The van der Waals surface area contributed by atoms with E-state index >= 15 is 0 Å². The highest BCUT2D eigenvalue weighted by molar-refractivity contribution is 6.01. The van der Waals surface area contributed by atoms with Gasteiger partial charge < -0.3 is 10.1 Å². The second kappa shape index (κ2) is 6.03. The van der Waals surface area contributed by atoms with Gasteiger partial charge >= 0.3 is 5.97 Å². The average Bonchev–Trinajstić information content (AvgIpc) is 3.08. The van der Waals surface area contributed by atoms with Gasteiger partial charge in [0.15, 0.2) is 5.78 Å². The van der Waals surface area contributed by atoms with Gasteiger partial charge in [-0.1, -0.05) is 33.8 Å². The van der Waals surface area contributed by atoms with Gasteiger partial charge in [-0.3, -0.25) is 9.59 Å². The largest absolute Gasteiger partial charge is 0.428 e. The molecule has 5 heteroatoms. The van der Waals surface area contributed by atoms with Crippen molar-refractivity contribution < 1.29 is 19.1 Å². The summed E-state index contributed by atoms with van der Waals surface area (Å²) in [6.45, 7) is 11.0. The molecule has 2 heterocycles. The topological polar surface area (TPSA) is 72.5 Å². The molecule has 7 aliphatic rings. The number of nitrogens with one attached hydrogen (secondary N) is 1. The Morgan fingerprint density at radius 3 is 2.37 bits per heavy atom. The Labute approximate surface area is 207 Å². The first-order valence-corrected chi connectivity index (χ1v) is 13.6. The van der Waals surface area contributed by atoms with E-state index in [1.807, 2.05) is 12.2 Å². The van der Waals surface area contributed by atoms with Crippen LogP contribution in [-0.2, 0) is 19.1 Å². The molecular weight excluding hydrogens is 438 g/mol. The standard InChI is InChI=1S/C30H37NO4/c1-17-14-30(35-24(17)34)15-18(23(33)31-30)19-8-10-27(5)21-7-6-20-25(2,3)22(32)9-11-28(20)16-29(21,28)13-12-26(19,27)4/h9,11,14-15,19-21H,6-8,10,12-13,16H2,1-5H3,(H,31,33)/t19-,20+,21+,26-,27+,28+,29-,30+/m1/s1. The molecule has 3 spiro atoms. The van der Waals surface area contributed by atoms with E-state index in [0.29, 0.717) is 28.6 Å². The highest BCUT2D eigenvalue weighted by Crippen LogP contribution is 2.88. The number of carbonyl (C=O) groups is 3. The molecule has 1 amide bonds. The molecule has 0 aromatic heterocycles. The van der Waals surface area contributed by atoms with Crippen molar-refractivity contribution in [3.05, 3.63) is 35.5 Å². The molecule has 5 nitrogen and oxygen atoms in total. The number of allylic oxidation sites excluding steroid dienone is 2. The Morgan fingerprint density at radius 1 is 0.914 bits per heavy atom. The highest BCUT2D eigenvalue weighted by atomic mass is 16.6. The first-order valence-electron chi connectivity index (χ1n) is 13.6. The molecule has 1 N–H and O–H groups in total. The van der Waals surface area contributed by atoms with E-state index in [-0.39, 0.29) is 39.5 Å². The Hall–Kier alpha value is -2.17. The van der Waals surface area contributed by atoms with Crippen molar-refractivity contribution in [3.63, 3.8) is 0 Å². The lowest BCUT2D eigenvalue weighted by Gasteiger charge is -2.61. The average molecular weight is 476 g/mol. The van der Waals surface area contributed by atoms with E-state index in [0.717, 1.165) is 31.3 Å². The zero-order valence-corrected chi connectivity index (χ0v) is 21.6. The predicted molar refractivity (Wildman–Crippen MR) is 131 cm³/mol. The molecule has 0 aromatic rings. The number of hydrogen-bond donors (Lipinski definition) is 1. The number of amides is 1. The number of hydrogen-bond acceptors (Lipinski definition) is 4. The third kappa shape index (κ3) is 2.26. The SMILES string of the molecule is CC1=C[C@@]2(C=C([C@H]3CC[C@@]4(C)[C@@H]5CC[C@H]6C(C)(C)C(=O)C=C[C@]67C[C@]57CC[C@]34C)C(=O)N2)OC1=O. The van der Waals surface area contributed by atoms with Gasteiger partial charge in [0.05, 0.1) is 0 Å². The fourth-order valence-corrected chi connectivity index (χ4v) is 10.7. The summed E-state index contributed by atoms with van der Waals surface area (Å²) in [5.41, 5.74) is 0.665. The van der Waals surface area contributed by atoms with Gasteiger partial charge in [0.2, 0.25) is 5.72 Å². The van der Waals surface area contributed by atoms with E-state index in [2.05, 4.69) is 39.1 Å². The van der Waals surface area contributed by atoms with Gasteiger partial charge in [0.25, 0.3) is 5.91 Å². The van der Waals surface area contributed by atoms with Crippen molar-refractivity contribution in [1.29, 1.82) is 0 Å². The molecule has 4 fully saturated rings. The van der Waals surface area contributed by atoms with Crippen molar-refractivity contribution in [2.75, 3.05) is 0 Å². The Kier molecular flexibility index (Phi) is 3.80. The summed E-state index contributed by atoms with van der Waals surface area (Å²) < 4.78 is 5.60. The molecule has 186 valence electrons. The Bertz CT molecular complexity index is 1210. The molecular formula is C30H37NO4. The van der Waals surface area contributed by atoms with Crippen LogP contribution in [0.2, 0.25) is 0 Å². The molecule has 0 radical (unpaired) electrons. The summed E-state index contributed by atoms with van der Waals surface area (Å²) in [7, 11) is 0. The van der Waals surface area contributed by atoms with Crippen LogP contribution in [0.5, 0.6) is 0 Å². The van der Waals surface area contributed by atoms with Gasteiger partial charge in [0, 0.05) is 16.6 Å². The third-order valence-electron chi connectivity index (χ3n) is 12.7. The minimum atomic E-state index is -1.09. The Balaban J connectivity index is 1.25. The molecule has 2 aliphatic heterocycles. The minimum absolute atomic E-state index is 0.0271. The van der Waals surface area contributed by atoms with Crippen LogP contribution in [0.3, 0.4) is 0 Å². The zero-order valence-electron chi connectivity index (χ0n) is 21.6. The van der Waals surface area contributed by atoms with E-state index in [1.54, 1.807) is 13.0 Å². The van der Waals surface area contributed by atoms with Gasteiger partial charge in [-0.2, -0.15) is 0 Å². The van der Waals surface area contributed by atoms with Crippen LogP contribution in [0.1, 0.15) is 79.6 Å². The monoisotopic (exact) mass is 475 g/mol. The van der Waals surface area contributed by atoms with E-state index in [1.165, 1.54) is 19.3 Å². The second-order valence-corrected chi connectivity index (χ2v) is 14.0. The summed E-state index contributed by atoms with van der Waals surface area (Å²) in [4.78, 5) is 38.1. The molecule has 0 bridgehead atoms. The lowest BCUT2D eigenvalue weighted by atomic mass is 9.42. The maximum atomic E-state index is 13.3. The fourth-order valence-electron chi connectivity index (χ4n) is 10.7. The number of rotatable bonds is 1. The number of carbonyl (C=O) groups excluding carboxylic acids is 3. The summed E-state index contributed by atoms with van der Waals surface area (Å²) in [6.07, 6.45) is 15.8. The predicted octanol–water partition coefficient (Wildman–Crippen LogP) is 5.03. The summed E-state index contributed by atoms with van der Waals surface area (Å²) in [5, 5.41) is 2.97. The molecule has 7 rings (SSSR count). The fraction of sp³-hybridized carbons (Fsp3) is 0.700. The zero-order chi connectivity index (χ0) is 24.8. The number of ether oxygens (including phenoxy) is 1. The molecule has 0 unspecified atom stereocenters. The number of fused-ring (bicyclic) bond motifs is 2. The smallest absolute Gasteiger partial charge is 0.336 e. The molecule has 5 aliphatic carbocycles. The van der Waals surface area contributed by atoms with Crippen LogP contribution in [-0.4, -0.2) is 23.4 Å². The number of esters is 1. The number of ketones is 1. The normalized spacial score (nSPS) is 52.7. The van der Waals surface area contributed by atoms with Crippen molar-refractivity contribution in [1.82, 2.24) is 5.32 Å². The molecule has 35 heavy (non-hydrogen) atoms. The quantitative estimate of drug-likeness (QED) is 0.540. The van der Waals surface area contributed by atoms with Crippen LogP contribution in [0.25, 0.3) is 0 Å². The van der Waals surface area contributed by atoms with E-state index < -0.39 is 5.72 Å². The van der Waals surface area contributed by atoms with Crippen LogP contribution in [0.4, 0.5) is 0 Å². The second-order valence-electron chi connectivity index (χ2n) is 14.0. The van der Waals surface area contributed by atoms with Crippen molar-refractivity contribution in [2.24, 2.45) is 44.8 Å². The van der Waals surface area contributed by atoms with Crippen molar-refractivity contribution in [2.45, 2.75) is 85.3 Å². The van der Waals surface area contributed by atoms with Gasteiger partial charge in [-0.25, -0.2) is 4.79 Å². The summed E-state index contributed by atoms with van der Waals surface area (Å²) in [5.74, 6) is 1.10. The van der Waals surface area contributed by atoms with Crippen LogP contribution in [0.15, 0.2) is 35.5 Å². The third-order valence-corrected chi connectivity index (χ3v) is 12.7. The molecule has 0 aromatic carbocycles. The Morgan fingerprint density at radius 2 is 1.66 bits per heavy atom. The maximum absolute atomic E-state index is 13.3. The maximum Gasteiger partial charge on any atom is 0.336 e. The van der Waals surface area contributed by atoms with Gasteiger partial charge in [-0.05, 0) is 110 Å². The molecule has 0 saturated heterocycles. The van der Waals surface area contributed by atoms with Crippen LogP contribution < -0.4 is 5.32 Å². The van der Waals surface area contributed by atoms with Gasteiger partial charge in [-0.15, -0.1) is 0 Å². The van der Waals surface area contributed by atoms with E-state index in [4.69, 9.17) is 4.74 Å². The van der Waals surface area contributed by atoms with E-state index in [9.17, 15) is 14.4 Å². The van der Waals surface area contributed by atoms with Crippen LogP contribution >= 0.6 is 0 Å². The first-order chi connectivity index (χ1) is 16.3. The molecule has 8 atom stereocenters.